The van der Waals surface area contributed by atoms with Crippen LogP contribution in [0.4, 0.5) is 0 Å². The number of rotatable bonds is 4. The smallest absolute Gasteiger partial charge is 0.793 e. The molecule has 0 bridgehead atoms. The quantitative estimate of drug-likeness (QED) is 0.277. The van der Waals surface area contributed by atoms with Gasteiger partial charge < -0.3 is 12.6 Å². The summed E-state index contributed by atoms with van der Waals surface area (Å²) in [5.41, 5.74) is 0. The first-order chi connectivity index (χ1) is 3.41. The molecule has 0 unspecified atom stereocenters. The first kappa shape index (κ1) is 12.1. The molecule has 0 spiro atoms. The monoisotopic (exact) mass is 140 g/mol. The summed E-state index contributed by atoms with van der Waals surface area (Å²) >= 11 is 4.77. The van der Waals surface area contributed by atoms with Crippen molar-refractivity contribution in [2.24, 2.45) is 0 Å². The molecule has 0 fully saturated rings. The van der Waals surface area contributed by atoms with E-state index in [9.17, 15) is 0 Å². The number of unbranched alkanes of at least 4 members (excludes halogenated alkanes) is 3. The Hall–Kier alpha value is 1.35. The Balaban J connectivity index is 0. The molecule has 0 aromatic rings. The van der Waals surface area contributed by atoms with E-state index < -0.39 is 0 Å². The van der Waals surface area contributed by atoms with Crippen molar-refractivity contribution in [1.29, 1.82) is 0 Å². The second-order valence-corrected chi connectivity index (χ2v) is 2.17. The Morgan fingerprint density at radius 2 is 1.75 bits per heavy atom. The number of hydrogen-bond acceptors (Lipinski definition) is 1. The van der Waals surface area contributed by atoms with Crippen molar-refractivity contribution in [2.75, 3.05) is 5.75 Å². The fraction of sp³-hybridized carbons (Fsp3) is 1.00. The van der Waals surface area contributed by atoms with Gasteiger partial charge in [0.1, 0.15) is 0 Å². The molecule has 0 rings (SSSR count). The van der Waals surface area contributed by atoms with Gasteiger partial charge in [0.05, 0.1) is 0 Å². The average Bonchev–Trinajstić information content (AvgIpc) is 1.69. The SMILES string of the molecule is CCCCCC[S-].[Na+]. The van der Waals surface area contributed by atoms with Crippen LogP contribution >= 0.6 is 0 Å². The zero-order chi connectivity index (χ0) is 5.54. The normalized spacial score (nSPS) is 8.25. The molecule has 0 aliphatic rings. The molecule has 0 aromatic carbocycles. The van der Waals surface area contributed by atoms with Gasteiger partial charge in [-0.3, -0.25) is 0 Å². The zero-order valence-electron chi connectivity index (χ0n) is 5.94. The zero-order valence-corrected chi connectivity index (χ0v) is 8.76. The van der Waals surface area contributed by atoms with E-state index in [1.54, 1.807) is 0 Å². The predicted molar refractivity (Wildman–Crippen MR) is 36.4 cm³/mol. The Morgan fingerprint density at radius 3 is 2.12 bits per heavy atom. The molecule has 0 aromatic heterocycles. The standard InChI is InChI=1S/C6H14S.Na/c1-2-3-4-5-6-7;/h7H,2-6H2,1H3;/q;+1/p-1. The molecule has 8 heavy (non-hydrogen) atoms. The van der Waals surface area contributed by atoms with Gasteiger partial charge >= 0.3 is 29.6 Å². The fourth-order valence-electron chi connectivity index (χ4n) is 0.529. The second kappa shape index (κ2) is 11.2. The number of hydrogen-bond donors (Lipinski definition) is 0. The molecule has 0 aliphatic carbocycles. The van der Waals surface area contributed by atoms with Gasteiger partial charge in [0.15, 0.2) is 0 Å². The summed E-state index contributed by atoms with van der Waals surface area (Å²) in [4.78, 5) is 0. The van der Waals surface area contributed by atoms with Gasteiger partial charge in [-0.05, 0) is 0 Å². The van der Waals surface area contributed by atoms with Crippen molar-refractivity contribution >= 4 is 12.6 Å². The molecule has 0 N–H and O–H groups in total. The third-order valence-electron chi connectivity index (χ3n) is 0.998. The Labute approximate surface area is 80.1 Å². The third-order valence-corrected chi connectivity index (χ3v) is 1.29. The molecule has 0 nitrogen and oxygen atoms in total. The molecular formula is C6H13NaS. The van der Waals surface area contributed by atoms with Crippen molar-refractivity contribution < 1.29 is 29.6 Å². The molecular weight excluding hydrogens is 127 g/mol. The van der Waals surface area contributed by atoms with Crippen LogP contribution in [0.5, 0.6) is 0 Å². The molecule has 0 radical (unpaired) electrons. The van der Waals surface area contributed by atoms with Crippen LogP contribution in [0.3, 0.4) is 0 Å². The van der Waals surface area contributed by atoms with Gasteiger partial charge in [-0.2, -0.15) is 5.75 Å². The molecule has 0 saturated heterocycles. The largest absolute Gasteiger partial charge is 1.00 e. The summed E-state index contributed by atoms with van der Waals surface area (Å²) in [6, 6.07) is 0. The van der Waals surface area contributed by atoms with E-state index in [0.29, 0.717) is 0 Å². The first-order valence-corrected chi connectivity index (χ1v) is 3.57. The second-order valence-electron chi connectivity index (χ2n) is 1.76. The van der Waals surface area contributed by atoms with Crippen LogP contribution in [0, 0.1) is 0 Å². The van der Waals surface area contributed by atoms with Gasteiger partial charge in [0, 0.05) is 0 Å². The van der Waals surface area contributed by atoms with Crippen LogP contribution < -0.4 is 29.6 Å². The first-order valence-electron chi connectivity index (χ1n) is 3.00. The van der Waals surface area contributed by atoms with E-state index in [1.807, 2.05) is 0 Å². The van der Waals surface area contributed by atoms with E-state index in [-0.39, 0.29) is 29.6 Å². The van der Waals surface area contributed by atoms with Crippen molar-refractivity contribution in [3.05, 3.63) is 0 Å². The van der Waals surface area contributed by atoms with Crippen LogP contribution in [0.2, 0.25) is 0 Å². The summed E-state index contributed by atoms with van der Waals surface area (Å²) in [6.07, 6.45) is 5.25. The summed E-state index contributed by atoms with van der Waals surface area (Å²) < 4.78 is 0. The van der Waals surface area contributed by atoms with Gasteiger partial charge in [0.2, 0.25) is 0 Å². The minimum atomic E-state index is 0. The molecule has 0 heterocycles. The van der Waals surface area contributed by atoms with E-state index in [4.69, 9.17) is 12.6 Å². The van der Waals surface area contributed by atoms with Gasteiger partial charge in [-0.15, -0.1) is 0 Å². The maximum Gasteiger partial charge on any atom is 1.00 e. The Bertz CT molecular complexity index is 27.7. The Morgan fingerprint density at radius 1 is 1.12 bits per heavy atom. The molecule has 0 saturated carbocycles. The molecule has 44 valence electrons. The summed E-state index contributed by atoms with van der Waals surface area (Å²) in [6.45, 7) is 2.21. The predicted octanol–water partition coefficient (Wildman–Crippen LogP) is -0.882. The summed E-state index contributed by atoms with van der Waals surface area (Å²) in [5.74, 6) is 0.944. The van der Waals surface area contributed by atoms with Crippen LogP contribution in [0.25, 0.3) is 0 Å². The molecule has 0 amide bonds. The molecule has 2 heteroatoms. The Kier molecular flexibility index (Phi) is 16.9. The molecule has 0 aliphatic heterocycles. The maximum atomic E-state index is 4.77. The van der Waals surface area contributed by atoms with Crippen molar-refractivity contribution in [1.82, 2.24) is 0 Å². The van der Waals surface area contributed by atoms with Crippen LogP contribution in [0.15, 0.2) is 0 Å². The fourth-order valence-corrected chi connectivity index (χ4v) is 0.733. The van der Waals surface area contributed by atoms with Gasteiger partial charge in [-0.1, -0.05) is 32.6 Å². The van der Waals surface area contributed by atoms with E-state index in [0.717, 1.165) is 5.75 Å². The van der Waals surface area contributed by atoms with Crippen LogP contribution in [0.1, 0.15) is 32.6 Å². The van der Waals surface area contributed by atoms with Crippen molar-refractivity contribution in [3.8, 4) is 0 Å². The average molecular weight is 140 g/mol. The van der Waals surface area contributed by atoms with Crippen LogP contribution in [-0.2, 0) is 12.6 Å². The summed E-state index contributed by atoms with van der Waals surface area (Å²) in [7, 11) is 0. The minimum absolute atomic E-state index is 0. The molecule has 0 atom stereocenters. The van der Waals surface area contributed by atoms with E-state index >= 15 is 0 Å². The van der Waals surface area contributed by atoms with Gasteiger partial charge in [-0.25, -0.2) is 0 Å². The third kappa shape index (κ3) is 10.4. The van der Waals surface area contributed by atoms with Crippen molar-refractivity contribution in [3.63, 3.8) is 0 Å². The van der Waals surface area contributed by atoms with Crippen molar-refractivity contribution in [2.45, 2.75) is 32.6 Å². The minimum Gasteiger partial charge on any atom is -0.793 e. The van der Waals surface area contributed by atoms with Gasteiger partial charge in [0.25, 0.3) is 0 Å². The maximum absolute atomic E-state index is 4.77. The van der Waals surface area contributed by atoms with E-state index in [2.05, 4.69) is 6.92 Å². The van der Waals surface area contributed by atoms with Crippen LogP contribution in [-0.4, -0.2) is 5.75 Å². The topological polar surface area (TPSA) is 0 Å². The van der Waals surface area contributed by atoms with E-state index in [1.165, 1.54) is 25.7 Å². The summed E-state index contributed by atoms with van der Waals surface area (Å²) in [5, 5.41) is 0.